The van der Waals surface area contributed by atoms with E-state index in [9.17, 15) is 13.2 Å². The van der Waals surface area contributed by atoms with Crippen LogP contribution in [0.3, 0.4) is 0 Å². The van der Waals surface area contributed by atoms with E-state index in [1.807, 2.05) is 6.92 Å². The Morgan fingerprint density at radius 2 is 1.95 bits per heavy atom. The van der Waals surface area contributed by atoms with E-state index < -0.39 is 21.9 Å². The van der Waals surface area contributed by atoms with E-state index in [0.29, 0.717) is 12.0 Å². The van der Waals surface area contributed by atoms with Crippen LogP contribution in [-0.4, -0.2) is 31.8 Å². The lowest BCUT2D eigenvalue weighted by Gasteiger charge is -2.13. The number of nitrogens with one attached hydrogen (secondary N) is 1. The maximum atomic E-state index is 11.6. The molecule has 1 atom stereocenters. The molecule has 19 heavy (non-hydrogen) atoms. The van der Waals surface area contributed by atoms with E-state index in [-0.39, 0.29) is 12.3 Å². The zero-order valence-electron chi connectivity index (χ0n) is 10.9. The van der Waals surface area contributed by atoms with E-state index >= 15 is 0 Å². The van der Waals surface area contributed by atoms with Crippen LogP contribution >= 0.6 is 0 Å². The predicted octanol–water partition coefficient (Wildman–Crippen LogP) is 1.57. The summed E-state index contributed by atoms with van der Waals surface area (Å²) < 4.78 is 25.7. The number of hydrogen-bond donors (Lipinski definition) is 2. The van der Waals surface area contributed by atoms with Gasteiger partial charge in [0, 0.05) is 6.54 Å². The Balaban J connectivity index is 2.69. The van der Waals surface area contributed by atoms with Crippen molar-refractivity contribution < 1.29 is 18.3 Å². The number of sulfonamides is 1. The van der Waals surface area contributed by atoms with Gasteiger partial charge in [-0.2, -0.15) is 0 Å². The van der Waals surface area contributed by atoms with Crippen molar-refractivity contribution in [2.75, 3.05) is 12.3 Å². The van der Waals surface area contributed by atoms with Crippen molar-refractivity contribution >= 4 is 16.0 Å². The molecule has 0 saturated heterocycles. The SMILES string of the molecule is CCCCS(=O)(=O)NCC(C(=O)O)c1ccccc1. The van der Waals surface area contributed by atoms with Crippen LogP contribution in [0.25, 0.3) is 0 Å². The zero-order valence-corrected chi connectivity index (χ0v) is 11.7. The second kappa shape index (κ2) is 7.25. The molecule has 0 aliphatic rings. The van der Waals surface area contributed by atoms with Gasteiger partial charge < -0.3 is 5.11 Å². The molecular formula is C13H19NO4S. The highest BCUT2D eigenvalue weighted by Crippen LogP contribution is 2.15. The van der Waals surface area contributed by atoms with Crippen molar-refractivity contribution in [1.29, 1.82) is 0 Å². The summed E-state index contributed by atoms with van der Waals surface area (Å²) in [6.45, 7) is 1.78. The van der Waals surface area contributed by atoms with Gasteiger partial charge in [-0.05, 0) is 12.0 Å². The Morgan fingerprint density at radius 1 is 1.32 bits per heavy atom. The van der Waals surface area contributed by atoms with Crippen molar-refractivity contribution in [1.82, 2.24) is 4.72 Å². The molecule has 0 saturated carbocycles. The third-order valence-electron chi connectivity index (χ3n) is 2.77. The highest BCUT2D eigenvalue weighted by Gasteiger charge is 2.21. The Hall–Kier alpha value is -1.40. The number of benzene rings is 1. The van der Waals surface area contributed by atoms with Crippen LogP contribution < -0.4 is 4.72 Å². The van der Waals surface area contributed by atoms with Crippen LogP contribution in [0.15, 0.2) is 30.3 Å². The minimum atomic E-state index is -3.39. The second-order valence-electron chi connectivity index (χ2n) is 4.32. The standard InChI is InChI=1S/C13H19NO4S/c1-2-3-9-19(17,18)14-10-12(13(15)16)11-7-5-4-6-8-11/h4-8,12,14H,2-3,9-10H2,1H3,(H,15,16). The van der Waals surface area contributed by atoms with Crippen molar-refractivity contribution in [3.8, 4) is 0 Å². The Morgan fingerprint density at radius 3 is 2.47 bits per heavy atom. The predicted molar refractivity (Wildman–Crippen MR) is 73.5 cm³/mol. The molecule has 0 fully saturated rings. The van der Waals surface area contributed by atoms with Gasteiger partial charge in [-0.1, -0.05) is 43.7 Å². The summed E-state index contributed by atoms with van der Waals surface area (Å²) in [6.07, 6.45) is 1.35. The lowest BCUT2D eigenvalue weighted by molar-refractivity contribution is -0.138. The van der Waals surface area contributed by atoms with Crippen molar-refractivity contribution in [2.45, 2.75) is 25.7 Å². The lowest BCUT2D eigenvalue weighted by atomic mass is 10.00. The van der Waals surface area contributed by atoms with E-state index in [4.69, 9.17) is 5.11 Å². The molecule has 0 radical (unpaired) electrons. The van der Waals surface area contributed by atoms with E-state index in [2.05, 4.69) is 4.72 Å². The number of unbranched alkanes of at least 4 members (excludes halogenated alkanes) is 1. The van der Waals surface area contributed by atoms with Crippen LogP contribution in [0.1, 0.15) is 31.2 Å². The van der Waals surface area contributed by atoms with Crippen molar-refractivity contribution in [2.24, 2.45) is 0 Å². The molecule has 2 N–H and O–H groups in total. The number of carboxylic acid groups (broad SMARTS) is 1. The summed E-state index contributed by atoms with van der Waals surface area (Å²) in [4.78, 5) is 11.2. The van der Waals surface area contributed by atoms with E-state index in [1.165, 1.54) is 0 Å². The first-order valence-corrected chi connectivity index (χ1v) is 7.86. The maximum absolute atomic E-state index is 11.6. The average Bonchev–Trinajstić information content (AvgIpc) is 2.37. The number of aliphatic carboxylic acids is 1. The molecule has 1 aromatic carbocycles. The Kier molecular flexibility index (Phi) is 5.98. The topological polar surface area (TPSA) is 83.5 Å². The summed E-state index contributed by atoms with van der Waals surface area (Å²) >= 11 is 0. The van der Waals surface area contributed by atoms with Gasteiger partial charge in [-0.15, -0.1) is 0 Å². The lowest BCUT2D eigenvalue weighted by Crippen LogP contribution is -2.33. The number of hydrogen-bond acceptors (Lipinski definition) is 3. The summed E-state index contributed by atoms with van der Waals surface area (Å²) in [6, 6.07) is 8.61. The molecule has 106 valence electrons. The largest absolute Gasteiger partial charge is 0.481 e. The molecule has 0 heterocycles. The van der Waals surface area contributed by atoms with Gasteiger partial charge in [-0.25, -0.2) is 13.1 Å². The summed E-state index contributed by atoms with van der Waals surface area (Å²) in [5, 5.41) is 9.16. The summed E-state index contributed by atoms with van der Waals surface area (Å²) in [5.41, 5.74) is 0.591. The molecule has 0 amide bonds. The molecular weight excluding hydrogens is 266 g/mol. The van der Waals surface area contributed by atoms with Gasteiger partial charge in [0.2, 0.25) is 10.0 Å². The molecule has 0 bridgehead atoms. The maximum Gasteiger partial charge on any atom is 0.312 e. The van der Waals surface area contributed by atoms with Crippen molar-refractivity contribution in [3.63, 3.8) is 0 Å². The Bertz CT molecular complexity index is 499. The van der Waals surface area contributed by atoms with Crippen LogP contribution in [0.5, 0.6) is 0 Å². The average molecular weight is 285 g/mol. The molecule has 1 rings (SSSR count). The van der Waals surface area contributed by atoms with Crippen LogP contribution in [0, 0.1) is 0 Å². The number of carboxylic acids is 1. The number of rotatable bonds is 8. The number of carbonyl (C=O) groups is 1. The smallest absolute Gasteiger partial charge is 0.312 e. The molecule has 0 aliphatic carbocycles. The first-order chi connectivity index (χ1) is 8.96. The third-order valence-corrected chi connectivity index (χ3v) is 4.21. The summed E-state index contributed by atoms with van der Waals surface area (Å²) in [7, 11) is -3.39. The molecule has 6 heteroatoms. The molecule has 0 aromatic heterocycles. The highest BCUT2D eigenvalue weighted by atomic mass is 32.2. The minimum absolute atomic E-state index is 0.0324. The van der Waals surface area contributed by atoms with Crippen molar-refractivity contribution in [3.05, 3.63) is 35.9 Å². The fraction of sp³-hybridized carbons (Fsp3) is 0.462. The van der Waals surface area contributed by atoms with Crippen LogP contribution in [0.2, 0.25) is 0 Å². The molecule has 0 aliphatic heterocycles. The molecule has 0 spiro atoms. The van der Waals surface area contributed by atoms with Crippen LogP contribution in [-0.2, 0) is 14.8 Å². The Labute approximate surface area is 113 Å². The van der Waals surface area contributed by atoms with Gasteiger partial charge in [-0.3, -0.25) is 4.79 Å². The fourth-order valence-corrected chi connectivity index (χ4v) is 2.88. The van der Waals surface area contributed by atoms with Crippen LogP contribution in [0.4, 0.5) is 0 Å². The normalized spacial score (nSPS) is 13.1. The fourth-order valence-electron chi connectivity index (χ4n) is 1.65. The van der Waals surface area contributed by atoms with E-state index in [1.54, 1.807) is 30.3 Å². The quantitative estimate of drug-likeness (QED) is 0.759. The first kappa shape index (κ1) is 15.7. The van der Waals surface area contributed by atoms with Gasteiger partial charge in [0.05, 0.1) is 11.7 Å². The third kappa shape index (κ3) is 5.40. The monoisotopic (exact) mass is 285 g/mol. The minimum Gasteiger partial charge on any atom is -0.481 e. The van der Waals surface area contributed by atoms with Gasteiger partial charge in [0.1, 0.15) is 0 Å². The van der Waals surface area contributed by atoms with E-state index in [0.717, 1.165) is 6.42 Å². The van der Waals surface area contributed by atoms with Gasteiger partial charge in [0.25, 0.3) is 0 Å². The molecule has 1 unspecified atom stereocenters. The zero-order chi connectivity index (χ0) is 14.3. The first-order valence-electron chi connectivity index (χ1n) is 6.21. The second-order valence-corrected chi connectivity index (χ2v) is 6.25. The van der Waals surface area contributed by atoms with Gasteiger partial charge >= 0.3 is 5.97 Å². The highest BCUT2D eigenvalue weighted by molar-refractivity contribution is 7.89. The molecule has 5 nitrogen and oxygen atoms in total. The summed E-state index contributed by atoms with van der Waals surface area (Å²) in [5.74, 6) is -1.87. The molecule has 1 aromatic rings. The van der Waals surface area contributed by atoms with Gasteiger partial charge in [0.15, 0.2) is 0 Å².